The summed E-state index contributed by atoms with van der Waals surface area (Å²) < 4.78 is 7.89. The zero-order valence-electron chi connectivity index (χ0n) is 5.66. The molecule has 5 heteroatoms. The highest BCUT2D eigenvalue weighted by atomic mass is 16.7. The molecule has 0 aliphatic carbocycles. The van der Waals surface area contributed by atoms with Crippen LogP contribution in [0.4, 0.5) is 4.79 Å². The van der Waals surface area contributed by atoms with Gasteiger partial charge in [-0.15, -0.1) is 0 Å². The number of aliphatic hydroxyl groups excluding tert-OH is 1. The van der Waals surface area contributed by atoms with Gasteiger partial charge in [-0.1, -0.05) is 0 Å². The number of esters is 1. The first-order chi connectivity index (χ1) is 4.57. The van der Waals surface area contributed by atoms with Gasteiger partial charge in [0.05, 0.1) is 7.11 Å². The molecule has 0 aromatic heterocycles. The van der Waals surface area contributed by atoms with E-state index in [4.69, 9.17) is 5.11 Å². The lowest BCUT2D eigenvalue weighted by molar-refractivity contribution is -0.148. The molecule has 0 bridgehead atoms. The number of aliphatic hydroxyl groups is 1. The summed E-state index contributed by atoms with van der Waals surface area (Å²) in [7, 11) is 1.07. The van der Waals surface area contributed by atoms with E-state index in [0.717, 1.165) is 7.11 Å². The van der Waals surface area contributed by atoms with Crippen LogP contribution in [-0.2, 0) is 14.3 Å². The van der Waals surface area contributed by atoms with Crippen LogP contribution in [0.15, 0.2) is 0 Å². The van der Waals surface area contributed by atoms with Crippen molar-refractivity contribution in [1.29, 1.82) is 0 Å². The van der Waals surface area contributed by atoms with Gasteiger partial charge in [-0.3, -0.25) is 0 Å². The topological polar surface area (TPSA) is 72.8 Å². The van der Waals surface area contributed by atoms with Crippen molar-refractivity contribution in [3.05, 3.63) is 0 Å². The number of carbonyl (C=O) groups excluding carboxylic acids is 2. The maximum Gasteiger partial charge on any atom is 0.515 e. The Morgan fingerprint density at radius 1 is 1.50 bits per heavy atom. The number of hydrogen-bond donors (Lipinski definition) is 1. The van der Waals surface area contributed by atoms with Gasteiger partial charge in [-0.25, -0.2) is 9.59 Å². The van der Waals surface area contributed by atoms with Crippen molar-refractivity contribution < 1.29 is 24.2 Å². The van der Waals surface area contributed by atoms with Crippen molar-refractivity contribution in [2.75, 3.05) is 7.11 Å². The molecule has 0 saturated heterocycles. The summed E-state index contributed by atoms with van der Waals surface area (Å²) >= 11 is 0. The molecule has 0 aliphatic heterocycles. The Morgan fingerprint density at radius 3 is 2.30 bits per heavy atom. The number of methoxy groups -OCH3 is 1. The maximum absolute atomic E-state index is 10.3. The lowest BCUT2D eigenvalue weighted by Crippen LogP contribution is -2.22. The smallest absolute Gasteiger partial charge is 0.437 e. The van der Waals surface area contributed by atoms with E-state index in [1.807, 2.05) is 0 Å². The first kappa shape index (κ1) is 8.90. The lowest BCUT2D eigenvalue weighted by atomic mass is 10.4. The van der Waals surface area contributed by atoms with E-state index in [2.05, 4.69) is 9.47 Å². The maximum atomic E-state index is 10.3. The largest absolute Gasteiger partial charge is 0.515 e. The minimum absolute atomic E-state index is 1.02. The van der Waals surface area contributed by atoms with Crippen LogP contribution in [0.5, 0.6) is 0 Å². The van der Waals surface area contributed by atoms with Crippen molar-refractivity contribution >= 4 is 12.1 Å². The standard InChI is InChI=1S/C5H8O5/c1-3(6)4(7)10-5(8)9-2/h3,6H,1-2H3. The second kappa shape index (κ2) is 3.84. The van der Waals surface area contributed by atoms with Crippen LogP contribution in [0, 0.1) is 0 Å². The van der Waals surface area contributed by atoms with Gasteiger partial charge in [0.25, 0.3) is 0 Å². The third-order valence-electron chi connectivity index (χ3n) is 0.692. The zero-order chi connectivity index (χ0) is 8.15. The Morgan fingerprint density at radius 2 is 2.00 bits per heavy atom. The molecule has 0 aromatic rings. The highest BCUT2D eigenvalue weighted by Gasteiger charge is 2.14. The van der Waals surface area contributed by atoms with E-state index in [-0.39, 0.29) is 0 Å². The van der Waals surface area contributed by atoms with E-state index in [0.29, 0.717) is 0 Å². The molecule has 0 fully saturated rings. The second-order valence-corrected chi connectivity index (χ2v) is 1.55. The Balaban J connectivity index is 3.69. The SMILES string of the molecule is COC(=O)OC(=O)C(C)O. The molecule has 0 aromatic carbocycles. The Bertz CT molecular complexity index is 139. The summed E-state index contributed by atoms with van der Waals surface area (Å²) in [5.41, 5.74) is 0. The normalized spacial score (nSPS) is 11.9. The Labute approximate surface area is 57.5 Å². The lowest BCUT2D eigenvalue weighted by Gasteiger charge is -2.01. The quantitative estimate of drug-likeness (QED) is 0.407. The predicted molar refractivity (Wildman–Crippen MR) is 30.2 cm³/mol. The average molecular weight is 148 g/mol. The van der Waals surface area contributed by atoms with Crippen LogP contribution < -0.4 is 0 Å². The third kappa shape index (κ3) is 3.03. The van der Waals surface area contributed by atoms with Crippen LogP contribution in [0.3, 0.4) is 0 Å². The van der Waals surface area contributed by atoms with Gasteiger partial charge in [-0.05, 0) is 6.92 Å². The molecule has 0 heterocycles. The summed E-state index contributed by atoms with van der Waals surface area (Å²) in [4.78, 5) is 20.5. The van der Waals surface area contributed by atoms with Gasteiger partial charge in [0, 0.05) is 0 Å². The van der Waals surface area contributed by atoms with Crippen LogP contribution in [0.25, 0.3) is 0 Å². The van der Waals surface area contributed by atoms with E-state index in [9.17, 15) is 9.59 Å². The number of rotatable bonds is 1. The van der Waals surface area contributed by atoms with Crippen molar-refractivity contribution in [2.45, 2.75) is 13.0 Å². The summed E-state index contributed by atoms with van der Waals surface area (Å²) in [6.45, 7) is 1.19. The van der Waals surface area contributed by atoms with Crippen molar-refractivity contribution in [3.8, 4) is 0 Å². The molecule has 0 saturated carbocycles. The van der Waals surface area contributed by atoms with Gasteiger partial charge in [0.1, 0.15) is 6.10 Å². The van der Waals surface area contributed by atoms with Crippen LogP contribution >= 0.6 is 0 Å². The van der Waals surface area contributed by atoms with E-state index < -0.39 is 18.2 Å². The zero-order valence-corrected chi connectivity index (χ0v) is 5.66. The van der Waals surface area contributed by atoms with E-state index in [1.165, 1.54) is 6.92 Å². The Hall–Kier alpha value is -1.10. The minimum atomic E-state index is -1.31. The monoisotopic (exact) mass is 148 g/mol. The molecule has 5 nitrogen and oxygen atoms in total. The summed E-state index contributed by atoms with van der Waals surface area (Å²) in [5, 5.41) is 8.48. The van der Waals surface area contributed by atoms with Gasteiger partial charge in [0.15, 0.2) is 0 Å². The van der Waals surface area contributed by atoms with E-state index >= 15 is 0 Å². The first-order valence-corrected chi connectivity index (χ1v) is 2.55. The highest BCUT2D eigenvalue weighted by Crippen LogP contribution is 1.88. The molecular formula is C5H8O5. The molecule has 0 aliphatic rings. The number of carbonyl (C=O) groups is 2. The molecule has 0 radical (unpaired) electrons. The molecule has 1 N–H and O–H groups in total. The minimum Gasteiger partial charge on any atom is -0.437 e. The van der Waals surface area contributed by atoms with Gasteiger partial charge in [0.2, 0.25) is 0 Å². The molecule has 0 rings (SSSR count). The fourth-order valence-corrected chi connectivity index (χ4v) is 0.209. The first-order valence-electron chi connectivity index (χ1n) is 2.55. The molecule has 1 atom stereocenters. The molecule has 1 unspecified atom stereocenters. The number of ether oxygens (including phenoxy) is 2. The van der Waals surface area contributed by atoms with Crippen LogP contribution in [0.2, 0.25) is 0 Å². The molecule has 0 amide bonds. The third-order valence-corrected chi connectivity index (χ3v) is 0.692. The average Bonchev–Trinajstić information content (AvgIpc) is 1.87. The second-order valence-electron chi connectivity index (χ2n) is 1.55. The summed E-state index contributed by atoms with van der Waals surface area (Å²) in [5.74, 6) is -1.02. The Kier molecular flexibility index (Phi) is 3.42. The van der Waals surface area contributed by atoms with Gasteiger partial charge < -0.3 is 14.6 Å². The summed E-state index contributed by atoms with van der Waals surface area (Å²) in [6, 6.07) is 0. The van der Waals surface area contributed by atoms with Crippen LogP contribution in [0.1, 0.15) is 6.92 Å². The fraction of sp³-hybridized carbons (Fsp3) is 0.600. The molecule has 10 heavy (non-hydrogen) atoms. The molecule has 0 spiro atoms. The van der Waals surface area contributed by atoms with Crippen LogP contribution in [-0.4, -0.2) is 30.4 Å². The van der Waals surface area contributed by atoms with E-state index in [1.54, 1.807) is 0 Å². The molecule has 58 valence electrons. The van der Waals surface area contributed by atoms with Crippen molar-refractivity contribution in [3.63, 3.8) is 0 Å². The molecular weight excluding hydrogens is 140 g/mol. The predicted octanol–water partition coefficient (Wildman–Crippen LogP) is -0.323. The van der Waals surface area contributed by atoms with Gasteiger partial charge in [-0.2, -0.15) is 0 Å². The van der Waals surface area contributed by atoms with Crippen molar-refractivity contribution in [1.82, 2.24) is 0 Å². The fourth-order valence-electron chi connectivity index (χ4n) is 0.209. The van der Waals surface area contributed by atoms with Crippen molar-refractivity contribution in [2.24, 2.45) is 0 Å². The summed E-state index contributed by atoms with van der Waals surface area (Å²) in [6.07, 6.45) is -2.43. The number of hydrogen-bond acceptors (Lipinski definition) is 5. The highest BCUT2D eigenvalue weighted by molar-refractivity contribution is 5.84. The van der Waals surface area contributed by atoms with Gasteiger partial charge >= 0.3 is 12.1 Å².